The molecule has 0 saturated carbocycles. The molecule has 0 fully saturated rings. The number of rotatable bonds is 8. The molecule has 0 atom stereocenters. The quantitative estimate of drug-likeness (QED) is 0.522. The van der Waals surface area contributed by atoms with E-state index < -0.39 is 0 Å². The molecule has 3 amide bonds. The van der Waals surface area contributed by atoms with Crippen LogP contribution in [0.4, 0.5) is 10.5 Å². The second kappa shape index (κ2) is 10.3. The number of phenolic OH excluding ortho intramolecular Hbond substituents is 1. The van der Waals surface area contributed by atoms with Gasteiger partial charge in [-0.25, -0.2) is 4.79 Å². The third kappa shape index (κ3) is 6.61. The van der Waals surface area contributed by atoms with Crippen LogP contribution in [0.5, 0.6) is 5.75 Å². The third-order valence-electron chi connectivity index (χ3n) is 4.36. The Bertz CT molecular complexity index is 801. The van der Waals surface area contributed by atoms with Crippen molar-refractivity contribution in [2.75, 3.05) is 18.4 Å². The van der Waals surface area contributed by atoms with Gasteiger partial charge in [0.2, 0.25) is 0 Å². The molecule has 150 valence electrons. The first-order chi connectivity index (χ1) is 13.4. The topological polar surface area (TPSA) is 90.5 Å². The number of aryl methyl sites for hydroxylation is 1. The molecule has 4 N–H and O–H groups in total. The molecule has 0 aliphatic heterocycles. The summed E-state index contributed by atoms with van der Waals surface area (Å²) >= 11 is 0. The molecule has 0 unspecified atom stereocenters. The number of aromatic hydroxyl groups is 1. The predicted octanol–water partition coefficient (Wildman–Crippen LogP) is 3.84. The lowest BCUT2D eigenvalue weighted by molar-refractivity contribution is 0.0948. The van der Waals surface area contributed by atoms with E-state index in [-0.39, 0.29) is 17.7 Å². The molecule has 0 heterocycles. The fourth-order valence-corrected chi connectivity index (χ4v) is 2.73. The summed E-state index contributed by atoms with van der Waals surface area (Å²) in [5, 5.41) is 17.8. The van der Waals surface area contributed by atoms with Crippen LogP contribution in [0.25, 0.3) is 0 Å². The number of carbonyl (C=O) groups is 2. The summed E-state index contributed by atoms with van der Waals surface area (Å²) in [5.74, 6) is 0.485. The van der Waals surface area contributed by atoms with Crippen LogP contribution in [0.2, 0.25) is 0 Å². The minimum Gasteiger partial charge on any atom is -0.508 e. The Morgan fingerprint density at radius 3 is 2.43 bits per heavy atom. The summed E-state index contributed by atoms with van der Waals surface area (Å²) in [4.78, 5) is 24.5. The maximum absolute atomic E-state index is 12.3. The molecule has 6 nitrogen and oxygen atoms in total. The van der Waals surface area contributed by atoms with Crippen LogP contribution >= 0.6 is 0 Å². The van der Waals surface area contributed by atoms with E-state index in [0.717, 1.165) is 24.0 Å². The van der Waals surface area contributed by atoms with Gasteiger partial charge >= 0.3 is 6.03 Å². The molecule has 0 saturated heterocycles. The third-order valence-corrected chi connectivity index (χ3v) is 4.36. The van der Waals surface area contributed by atoms with Crippen molar-refractivity contribution < 1.29 is 14.7 Å². The Hall–Kier alpha value is -3.02. The minimum absolute atomic E-state index is 0.135. The lowest BCUT2D eigenvalue weighted by Crippen LogP contribution is -2.31. The van der Waals surface area contributed by atoms with Gasteiger partial charge in [-0.15, -0.1) is 0 Å². The lowest BCUT2D eigenvalue weighted by Gasteiger charge is -2.14. The number of phenols is 1. The molecular weight excluding hydrogens is 354 g/mol. The molecule has 0 spiro atoms. The highest BCUT2D eigenvalue weighted by Crippen LogP contribution is 2.19. The smallest absolute Gasteiger partial charge is 0.319 e. The second-order valence-electron chi connectivity index (χ2n) is 7.23. The fourth-order valence-electron chi connectivity index (χ4n) is 2.73. The summed E-state index contributed by atoms with van der Waals surface area (Å²) < 4.78 is 0. The molecule has 0 aliphatic carbocycles. The van der Waals surface area contributed by atoms with Crippen LogP contribution in [-0.2, 0) is 6.42 Å². The Morgan fingerprint density at radius 1 is 1.04 bits per heavy atom. The molecule has 2 aromatic carbocycles. The van der Waals surface area contributed by atoms with E-state index in [1.165, 1.54) is 0 Å². The van der Waals surface area contributed by atoms with Gasteiger partial charge in [0.25, 0.3) is 5.91 Å². The Morgan fingerprint density at radius 2 is 1.75 bits per heavy atom. The van der Waals surface area contributed by atoms with Crippen molar-refractivity contribution in [2.24, 2.45) is 5.92 Å². The van der Waals surface area contributed by atoms with Crippen molar-refractivity contribution in [3.05, 3.63) is 59.2 Å². The first-order valence-corrected chi connectivity index (χ1v) is 9.57. The molecule has 28 heavy (non-hydrogen) atoms. The van der Waals surface area contributed by atoms with Gasteiger partial charge in [0, 0.05) is 24.3 Å². The Kier molecular flexibility index (Phi) is 7.87. The molecule has 0 aliphatic rings. The van der Waals surface area contributed by atoms with Crippen LogP contribution in [0.3, 0.4) is 0 Å². The molecule has 2 aromatic rings. The summed E-state index contributed by atoms with van der Waals surface area (Å²) in [5.41, 5.74) is 3.03. The summed E-state index contributed by atoms with van der Waals surface area (Å²) in [6, 6.07) is 12.1. The highest BCUT2D eigenvalue weighted by molar-refractivity contribution is 5.99. The maximum Gasteiger partial charge on any atom is 0.319 e. The minimum atomic E-state index is -0.298. The number of nitrogens with one attached hydrogen (secondary N) is 3. The van der Waals surface area contributed by atoms with Crippen molar-refractivity contribution >= 4 is 17.6 Å². The number of hydrogen-bond donors (Lipinski definition) is 4. The van der Waals surface area contributed by atoms with E-state index in [1.54, 1.807) is 30.3 Å². The average molecular weight is 383 g/mol. The molecule has 0 bridgehead atoms. The zero-order chi connectivity index (χ0) is 20.5. The maximum atomic E-state index is 12.3. The van der Waals surface area contributed by atoms with Gasteiger partial charge in [-0.2, -0.15) is 0 Å². The molecule has 6 heteroatoms. The standard InChI is InChI=1S/C22H29N3O3/c1-15(2)14-24-21(27)19-7-4-8-20(16(19)3)25-22(28)23-13-5-6-17-9-11-18(26)12-10-17/h4,7-12,15,26H,5-6,13-14H2,1-3H3,(H,24,27)(H2,23,25,28). The van der Waals surface area contributed by atoms with Crippen LogP contribution in [-0.4, -0.2) is 30.1 Å². The van der Waals surface area contributed by atoms with Crippen molar-refractivity contribution in [3.63, 3.8) is 0 Å². The SMILES string of the molecule is Cc1c(NC(=O)NCCCc2ccc(O)cc2)cccc1C(=O)NCC(C)C. The molecule has 0 radical (unpaired) electrons. The van der Waals surface area contributed by atoms with Gasteiger partial charge in [-0.3, -0.25) is 4.79 Å². The normalized spacial score (nSPS) is 10.6. The highest BCUT2D eigenvalue weighted by atomic mass is 16.3. The van der Waals surface area contributed by atoms with E-state index in [0.29, 0.717) is 30.3 Å². The van der Waals surface area contributed by atoms with Gasteiger partial charge in [0.15, 0.2) is 0 Å². The zero-order valence-corrected chi connectivity index (χ0v) is 16.7. The molecule has 0 aromatic heterocycles. The van der Waals surface area contributed by atoms with Crippen molar-refractivity contribution in [1.29, 1.82) is 0 Å². The summed E-state index contributed by atoms with van der Waals surface area (Å²) in [6.45, 7) is 7.04. The number of benzene rings is 2. The highest BCUT2D eigenvalue weighted by Gasteiger charge is 2.13. The van der Waals surface area contributed by atoms with E-state index in [2.05, 4.69) is 16.0 Å². The number of anilines is 1. The first kappa shape index (κ1) is 21.3. The van der Waals surface area contributed by atoms with Gasteiger partial charge in [-0.1, -0.05) is 32.0 Å². The Balaban J connectivity index is 1.83. The lowest BCUT2D eigenvalue weighted by atomic mass is 10.1. The number of amides is 3. The first-order valence-electron chi connectivity index (χ1n) is 9.57. The molecular formula is C22H29N3O3. The number of urea groups is 1. The predicted molar refractivity (Wildman–Crippen MR) is 112 cm³/mol. The Labute approximate surface area is 166 Å². The summed E-state index contributed by atoms with van der Waals surface area (Å²) in [7, 11) is 0. The van der Waals surface area contributed by atoms with Crippen molar-refractivity contribution in [3.8, 4) is 5.75 Å². The van der Waals surface area contributed by atoms with Gasteiger partial charge in [-0.05, 0) is 61.1 Å². The van der Waals surface area contributed by atoms with Crippen LogP contribution in [0.15, 0.2) is 42.5 Å². The zero-order valence-electron chi connectivity index (χ0n) is 16.7. The average Bonchev–Trinajstić information content (AvgIpc) is 2.66. The van der Waals surface area contributed by atoms with Crippen LogP contribution < -0.4 is 16.0 Å². The van der Waals surface area contributed by atoms with Gasteiger partial charge < -0.3 is 21.1 Å². The van der Waals surface area contributed by atoms with E-state index in [1.807, 2.05) is 32.9 Å². The van der Waals surface area contributed by atoms with Gasteiger partial charge in [0.05, 0.1) is 0 Å². The fraction of sp³-hybridized carbons (Fsp3) is 0.364. The van der Waals surface area contributed by atoms with Crippen LogP contribution in [0.1, 0.15) is 41.8 Å². The van der Waals surface area contributed by atoms with Crippen molar-refractivity contribution in [2.45, 2.75) is 33.6 Å². The van der Waals surface area contributed by atoms with Gasteiger partial charge in [0.1, 0.15) is 5.75 Å². The molecule has 2 rings (SSSR count). The largest absolute Gasteiger partial charge is 0.508 e. The van der Waals surface area contributed by atoms with Crippen LogP contribution in [0, 0.1) is 12.8 Å². The number of hydrogen-bond acceptors (Lipinski definition) is 3. The van der Waals surface area contributed by atoms with E-state index in [4.69, 9.17) is 0 Å². The second-order valence-corrected chi connectivity index (χ2v) is 7.23. The monoisotopic (exact) mass is 383 g/mol. The van der Waals surface area contributed by atoms with Crippen molar-refractivity contribution in [1.82, 2.24) is 10.6 Å². The van der Waals surface area contributed by atoms with E-state index >= 15 is 0 Å². The van der Waals surface area contributed by atoms with E-state index in [9.17, 15) is 14.7 Å². The summed E-state index contributed by atoms with van der Waals surface area (Å²) in [6.07, 6.45) is 1.60. The number of carbonyl (C=O) groups excluding carboxylic acids is 2.